The Kier molecular flexibility index (Phi) is 1.83. The van der Waals surface area contributed by atoms with Crippen LogP contribution in [0.4, 0.5) is 0 Å². The topological polar surface area (TPSA) is 29.1 Å². The molecule has 1 aromatic carbocycles. The monoisotopic (exact) mass is 175 g/mol. The summed E-state index contributed by atoms with van der Waals surface area (Å²) >= 11 is 0. The number of carbonyl (C=O) groups excluding carboxylic acids is 1. The molecule has 68 valence electrons. The molecule has 2 rings (SSSR count). The molecule has 0 aromatic heterocycles. The van der Waals surface area contributed by atoms with Crippen molar-refractivity contribution in [2.24, 2.45) is 0 Å². The molecule has 1 aliphatic rings. The SMILES string of the molecule is CC(C)c1ccc2c(c1)C(=O)NC2. The lowest BCUT2D eigenvalue weighted by Gasteiger charge is -2.05. The van der Waals surface area contributed by atoms with Gasteiger partial charge in [-0.15, -0.1) is 0 Å². The lowest BCUT2D eigenvalue weighted by Crippen LogP contribution is -2.12. The fourth-order valence-electron chi connectivity index (χ4n) is 1.59. The Hall–Kier alpha value is -1.31. The van der Waals surface area contributed by atoms with E-state index in [1.54, 1.807) is 0 Å². The summed E-state index contributed by atoms with van der Waals surface area (Å²) in [5.74, 6) is 0.552. The normalized spacial score (nSPS) is 14.5. The van der Waals surface area contributed by atoms with Gasteiger partial charge in [0.25, 0.3) is 5.91 Å². The Morgan fingerprint density at radius 2 is 2.15 bits per heavy atom. The summed E-state index contributed by atoms with van der Waals surface area (Å²) in [7, 11) is 0. The molecule has 13 heavy (non-hydrogen) atoms. The van der Waals surface area contributed by atoms with Crippen molar-refractivity contribution in [1.82, 2.24) is 5.32 Å². The molecule has 0 atom stereocenters. The Labute approximate surface area is 78.0 Å². The van der Waals surface area contributed by atoms with Crippen molar-refractivity contribution in [3.8, 4) is 0 Å². The van der Waals surface area contributed by atoms with Crippen LogP contribution < -0.4 is 5.32 Å². The molecule has 1 aliphatic heterocycles. The summed E-state index contributed by atoms with van der Waals surface area (Å²) < 4.78 is 0. The van der Waals surface area contributed by atoms with Crippen molar-refractivity contribution in [3.05, 3.63) is 34.9 Å². The molecular formula is C11H13NO. The fraction of sp³-hybridized carbons (Fsp3) is 0.364. The molecule has 1 heterocycles. The van der Waals surface area contributed by atoms with E-state index < -0.39 is 0 Å². The van der Waals surface area contributed by atoms with Crippen LogP contribution in [0, 0.1) is 0 Å². The minimum absolute atomic E-state index is 0.0671. The van der Waals surface area contributed by atoms with Crippen molar-refractivity contribution in [3.63, 3.8) is 0 Å². The number of carbonyl (C=O) groups is 1. The quantitative estimate of drug-likeness (QED) is 0.695. The minimum atomic E-state index is 0.0671. The van der Waals surface area contributed by atoms with Gasteiger partial charge in [-0.05, 0) is 23.1 Å². The number of nitrogens with one attached hydrogen (secondary N) is 1. The molecule has 0 unspecified atom stereocenters. The third kappa shape index (κ3) is 1.32. The van der Waals surface area contributed by atoms with E-state index in [-0.39, 0.29) is 5.91 Å². The average Bonchev–Trinajstić information content (AvgIpc) is 2.47. The third-order valence-corrected chi connectivity index (χ3v) is 2.48. The Balaban J connectivity index is 2.48. The van der Waals surface area contributed by atoms with Crippen molar-refractivity contribution in [1.29, 1.82) is 0 Å². The van der Waals surface area contributed by atoms with Crippen LogP contribution >= 0.6 is 0 Å². The minimum Gasteiger partial charge on any atom is -0.348 e. The van der Waals surface area contributed by atoms with E-state index in [0.717, 1.165) is 11.1 Å². The average molecular weight is 175 g/mol. The van der Waals surface area contributed by atoms with Crippen LogP contribution in [0.3, 0.4) is 0 Å². The van der Waals surface area contributed by atoms with Gasteiger partial charge in [0.2, 0.25) is 0 Å². The Morgan fingerprint density at radius 3 is 2.85 bits per heavy atom. The largest absolute Gasteiger partial charge is 0.348 e. The van der Waals surface area contributed by atoms with E-state index in [0.29, 0.717) is 12.5 Å². The van der Waals surface area contributed by atoms with Crippen LogP contribution in [0.5, 0.6) is 0 Å². The molecular weight excluding hydrogens is 162 g/mol. The van der Waals surface area contributed by atoms with Crippen molar-refractivity contribution in [2.45, 2.75) is 26.3 Å². The van der Waals surface area contributed by atoms with E-state index in [1.807, 2.05) is 12.1 Å². The predicted molar refractivity (Wildman–Crippen MR) is 51.7 cm³/mol. The van der Waals surface area contributed by atoms with Gasteiger partial charge < -0.3 is 5.32 Å². The highest BCUT2D eigenvalue weighted by Gasteiger charge is 2.18. The van der Waals surface area contributed by atoms with Crippen LogP contribution in [0.2, 0.25) is 0 Å². The van der Waals surface area contributed by atoms with Crippen molar-refractivity contribution < 1.29 is 4.79 Å². The van der Waals surface area contributed by atoms with Gasteiger partial charge in [-0.2, -0.15) is 0 Å². The second-order valence-corrected chi connectivity index (χ2v) is 3.75. The summed E-state index contributed by atoms with van der Waals surface area (Å²) in [6.07, 6.45) is 0. The number of rotatable bonds is 1. The van der Waals surface area contributed by atoms with Crippen LogP contribution in [0.25, 0.3) is 0 Å². The summed E-state index contributed by atoms with van der Waals surface area (Å²) in [6.45, 7) is 4.95. The zero-order valence-electron chi connectivity index (χ0n) is 7.92. The highest BCUT2D eigenvalue weighted by atomic mass is 16.1. The number of hydrogen-bond acceptors (Lipinski definition) is 1. The first kappa shape index (κ1) is 8.30. The molecule has 0 radical (unpaired) electrons. The fourth-order valence-corrected chi connectivity index (χ4v) is 1.59. The van der Waals surface area contributed by atoms with E-state index >= 15 is 0 Å². The third-order valence-electron chi connectivity index (χ3n) is 2.48. The predicted octanol–water partition coefficient (Wildman–Crippen LogP) is 2.05. The molecule has 0 saturated heterocycles. The van der Waals surface area contributed by atoms with E-state index in [9.17, 15) is 4.79 Å². The van der Waals surface area contributed by atoms with Gasteiger partial charge in [-0.25, -0.2) is 0 Å². The first-order valence-corrected chi connectivity index (χ1v) is 4.59. The summed E-state index contributed by atoms with van der Waals surface area (Å²) in [5, 5.41) is 2.81. The summed E-state index contributed by atoms with van der Waals surface area (Å²) in [6, 6.07) is 6.15. The van der Waals surface area contributed by atoms with Crippen molar-refractivity contribution >= 4 is 5.91 Å². The lowest BCUT2D eigenvalue weighted by atomic mass is 9.98. The molecule has 0 saturated carbocycles. The first-order chi connectivity index (χ1) is 6.18. The number of amides is 1. The number of benzene rings is 1. The van der Waals surface area contributed by atoms with Gasteiger partial charge >= 0.3 is 0 Å². The summed E-state index contributed by atoms with van der Waals surface area (Å²) in [5.41, 5.74) is 3.21. The lowest BCUT2D eigenvalue weighted by molar-refractivity contribution is 0.0965. The van der Waals surface area contributed by atoms with Crippen LogP contribution in [0.15, 0.2) is 18.2 Å². The molecule has 1 aromatic rings. The van der Waals surface area contributed by atoms with Gasteiger partial charge in [-0.3, -0.25) is 4.79 Å². The van der Waals surface area contributed by atoms with Crippen LogP contribution in [-0.2, 0) is 6.54 Å². The maximum Gasteiger partial charge on any atom is 0.251 e. The van der Waals surface area contributed by atoms with Crippen molar-refractivity contribution in [2.75, 3.05) is 0 Å². The van der Waals surface area contributed by atoms with Gasteiger partial charge in [0.1, 0.15) is 0 Å². The molecule has 0 bridgehead atoms. The van der Waals surface area contributed by atoms with Gasteiger partial charge in [0.15, 0.2) is 0 Å². The molecule has 1 N–H and O–H groups in total. The first-order valence-electron chi connectivity index (χ1n) is 4.59. The molecule has 0 spiro atoms. The number of fused-ring (bicyclic) bond motifs is 1. The second-order valence-electron chi connectivity index (χ2n) is 3.75. The maximum atomic E-state index is 11.3. The highest BCUT2D eigenvalue weighted by Crippen LogP contribution is 2.21. The van der Waals surface area contributed by atoms with E-state index in [1.165, 1.54) is 5.56 Å². The van der Waals surface area contributed by atoms with E-state index in [4.69, 9.17) is 0 Å². The Morgan fingerprint density at radius 1 is 1.38 bits per heavy atom. The molecule has 2 nitrogen and oxygen atoms in total. The maximum absolute atomic E-state index is 11.3. The van der Waals surface area contributed by atoms with Crippen LogP contribution in [-0.4, -0.2) is 5.91 Å². The summed E-state index contributed by atoms with van der Waals surface area (Å²) in [4.78, 5) is 11.3. The van der Waals surface area contributed by atoms with Gasteiger partial charge in [0, 0.05) is 12.1 Å². The molecule has 1 amide bonds. The molecule has 2 heteroatoms. The van der Waals surface area contributed by atoms with Gasteiger partial charge in [0.05, 0.1) is 0 Å². The zero-order chi connectivity index (χ0) is 9.42. The Bertz CT molecular complexity index is 355. The van der Waals surface area contributed by atoms with Crippen LogP contribution in [0.1, 0.15) is 41.3 Å². The van der Waals surface area contributed by atoms with E-state index in [2.05, 4.69) is 25.2 Å². The highest BCUT2D eigenvalue weighted by molar-refractivity contribution is 5.98. The van der Waals surface area contributed by atoms with Gasteiger partial charge in [-0.1, -0.05) is 26.0 Å². The molecule has 0 fully saturated rings. The number of hydrogen-bond donors (Lipinski definition) is 1. The zero-order valence-corrected chi connectivity index (χ0v) is 7.92. The smallest absolute Gasteiger partial charge is 0.251 e. The standard InChI is InChI=1S/C11H13NO/c1-7(2)8-3-4-9-6-12-11(13)10(9)5-8/h3-5,7H,6H2,1-2H3,(H,12,13). The molecule has 0 aliphatic carbocycles. The second kappa shape index (κ2) is 2.87.